The molecule has 1 rings (SSSR count). The fraction of sp³-hybridized carbons (Fsp3) is 0.538. The molecule has 1 aromatic rings. The Labute approximate surface area is 87.1 Å². The molecular formula is C13H20O. The van der Waals surface area contributed by atoms with E-state index in [1.165, 1.54) is 11.1 Å². The quantitative estimate of drug-likeness (QED) is 0.705. The van der Waals surface area contributed by atoms with Crippen molar-refractivity contribution in [1.29, 1.82) is 0 Å². The Bertz CT molecular complexity index is 300. The molecular weight excluding hydrogens is 172 g/mol. The highest BCUT2D eigenvalue weighted by Crippen LogP contribution is 2.24. The Morgan fingerprint density at radius 2 is 1.71 bits per heavy atom. The van der Waals surface area contributed by atoms with Crippen LogP contribution in [0.1, 0.15) is 44.7 Å². The predicted molar refractivity (Wildman–Crippen MR) is 61.0 cm³/mol. The van der Waals surface area contributed by atoms with Gasteiger partial charge in [-0.25, -0.2) is 0 Å². The summed E-state index contributed by atoms with van der Waals surface area (Å²) in [4.78, 5) is 0. The smallest absolute Gasteiger partial charge is 0.122 e. The molecule has 0 aliphatic heterocycles. The van der Waals surface area contributed by atoms with Crippen LogP contribution in [0.5, 0.6) is 5.75 Å². The highest BCUT2D eigenvalue weighted by atomic mass is 16.5. The lowest BCUT2D eigenvalue weighted by molar-refractivity contribution is 0.240. The highest BCUT2D eigenvalue weighted by Gasteiger charge is 2.05. The normalized spacial score (nSPS) is 11.1. The van der Waals surface area contributed by atoms with E-state index in [0.29, 0.717) is 5.92 Å². The molecule has 0 atom stereocenters. The average molecular weight is 192 g/mol. The second-order valence-electron chi connectivity index (χ2n) is 4.35. The second kappa shape index (κ2) is 4.50. The molecule has 1 heteroatoms. The van der Waals surface area contributed by atoms with Crippen molar-refractivity contribution >= 4 is 0 Å². The lowest BCUT2D eigenvalue weighted by Gasteiger charge is -2.14. The van der Waals surface area contributed by atoms with Crippen LogP contribution in [0.15, 0.2) is 18.2 Å². The number of benzene rings is 1. The summed E-state index contributed by atoms with van der Waals surface area (Å²) in [7, 11) is 0. The first-order valence-corrected chi connectivity index (χ1v) is 5.28. The van der Waals surface area contributed by atoms with E-state index in [4.69, 9.17) is 4.74 Å². The molecule has 0 bridgehead atoms. The fourth-order valence-corrected chi connectivity index (χ4v) is 1.42. The maximum Gasteiger partial charge on any atom is 0.122 e. The molecule has 0 fully saturated rings. The van der Waals surface area contributed by atoms with Crippen molar-refractivity contribution in [3.05, 3.63) is 29.3 Å². The summed E-state index contributed by atoms with van der Waals surface area (Å²) in [5.41, 5.74) is 2.60. The van der Waals surface area contributed by atoms with Crippen molar-refractivity contribution in [3.63, 3.8) is 0 Å². The van der Waals surface area contributed by atoms with Crippen molar-refractivity contribution in [3.8, 4) is 5.75 Å². The lowest BCUT2D eigenvalue weighted by atomic mass is 10.0. The van der Waals surface area contributed by atoms with Crippen LogP contribution < -0.4 is 4.74 Å². The van der Waals surface area contributed by atoms with Crippen molar-refractivity contribution in [2.75, 3.05) is 0 Å². The molecule has 0 aromatic heterocycles. The molecule has 14 heavy (non-hydrogen) atoms. The van der Waals surface area contributed by atoms with Gasteiger partial charge in [0.25, 0.3) is 0 Å². The van der Waals surface area contributed by atoms with Gasteiger partial charge >= 0.3 is 0 Å². The molecule has 1 nitrogen and oxygen atoms in total. The van der Waals surface area contributed by atoms with Gasteiger partial charge in [0.2, 0.25) is 0 Å². The van der Waals surface area contributed by atoms with E-state index >= 15 is 0 Å². The van der Waals surface area contributed by atoms with E-state index < -0.39 is 0 Å². The zero-order chi connectivity index (χ0) is 10.7. The van der Waals surface area contributed by atoms with Crippen LogP contribution in [-0.2, 0) is 0 Å². The molecule has 0 saturated heterocycles. The third kappa shape index (κ3) is 2.76. The molecule has 78 valence electrons. The van der Waals surface area contributed by atoms with Crippen LogP contribution in [0.25, 0.3) is 0 Å². The summed E-state index contributed by atoms with van der Waals surface area (Å²) >= 11 is 0. The number of aryl methyl sites for hydroxylation is 1. The Kier molecular flexibility index (Phi) is 3.56. The minimum Gasteiger partial charge on any atom is -0.491 e. The van der Waals surface area contributed by atoms with E-state index in [1.807, 2.05) is 0 Å². The van der Waals surface area contributed by atoms with Crippen LogP contribution in [0.4, 0.5) is 0 Å². The van der Waals surface area contributed by atoms with E-state index in [9.17, 15) is 0 Å². The summed E-state index contributed by atoms with van der Waals surface area (Å²) in [5, 5.41) is 0. The van der Waals surface area contributed by atoms with Crippen LogP contribution in [0.2, 0.25) is 0 Å². The second-order valence-corrected chi connectivity index (χ2v) is 4.35. The summed E-state index contributed by atoms with van der Waals surface area (Å²) in [6.45, 7) is 10.6. The lowest BCUT2D eigenvalue weighted by Crippen LogP contribution is -2.06. The summed E-state index contributed by atoms with van der Waals surface area (Å²) in [6, 6.07) is 6.43. The van der Waals surface area contributed by atoms with Crippen LogP contribution in [0.3, 0.4) is 0 Å². The Hall–Kier alpha value is -0.980. The molecule has 0 aliphatic carbocycles. The minimum absolute atomic E-state index is 0.249. The zero-order valence-electron chi connectivity index (χ0n) is 9.79. The third-order valence-electron chi connectivity index (χ3n) is 2.23. The molecule has 0 radical (unpaired) electrons. The summed E-state index contributed by atoms with van der Waals surface area (Å²) in [6.07, 6.45) is 0.249. The van der Waals surface area contributed by atoms with Crippen molar-refractivity contribution < 1.29 is 4.74 Å². The molecule has 0 saturated carbocycles. The van der Waals surface area contributed by atoms with Gasteiger partial charge < -0.3 is 4.74 Å². The maximum absolute atomic E-state index is 5.68. The van der Waals surface area contributed by atoms with E-state index in [1.54, 1.807) is 0 Å². The number of rotatable bonds is 3. The van der Waals surface area contributed by atoms with Gasteiger partial charge in [0.1, 0.15) is 5.75 Å². The topological polar surface area (TPSA) is 9.23 Å². The van der Waals surface area contributed by atoms with Gasteiger partial charge in [0, 0.05) is 0 Å². The first-order chi connectivity index (χ1) is 6.50. The van der Waals surface area contributed by atoms with Crippen LogP contribution in [-0.4, -0.2) is 6.10 Å². The maximum atomic E-state index is 5.68. The summed E-state index contributed by atoms with van der Waals surface area (Å²) in [5.74, 6) is 1.59. The number of ether oxygens (including phenoxy) is 1. The summed E-state index contributed by atoms with van der Waals surface area (Å²) < 4.78 is 5.68. The average Bonchev–Trinajstić information content (AvgIpc) is 2.07. The SMILES string of the molecule is Cc1cc(C(C)C)ccc1OC(C)C. The molecule has 0 heterocycles. The molecule has 0 unspecified atom stereocenters. The highest BCUT2D eigenvalue weighted by molar-refractivity contribution is 5.37. The standard InChI is InChI=1S/C13H20O/c1-9(2)12-6-7-13(11(5)8-12)14-10(3)4/h6-10H,1-5H3. The first kappa shape index (κ1) is 11.1. The number of hydrogen-bond acceptors (Lipinski definition) is 1. The van der Waals surface area contributed by atoms with Gasteiger partial charge in [-0.3, -0.25) is 0 Å². The van der Waals surface area contributed by atoms with Gasteiger partial charge in [-0.1, -0.05) is 26.0 Å². The minimum atomic E-state index is 0.249. The monoisotopic (exact) mass is 192 g/mol. The molecule has 0 aliphatic rings. The fourth-order valence-electron chi connectivity index (χ4n) is 1.42. The molecule has 0 spiro atoms. The van der Waals surface area contributed by atoms with Gasteiger partial charge in [-0.15, -0.1) is 0 Å². The Morgan fingerprint density at radius 1 is 1.07 bits per heavy atom. The van der Waals surface area contributed by atoms with Crippen molar-refractivity contribution in [1.82, 2.24) is 0 Å². The van der Waals surface area contributed by atoms with E-state index in [-0.39, 0.29) is 6.10 Å². The van der Waals surface area contributed by atoms with Crippen LogP contribution >= 0.6 is 0 Å². The number of hydrogen-bond donors (Lipinski definition) is 0. The van der Waals surface area contributed by atoms with Crippen molar-refractivity contribution in [2.24, 2.45) is 0 Å². The Balaban J connectivity index is 2.90. The third-order valence-corrected chi connectivity index (χ3v) is 2.23. The molecule has 0 amide bonds. The Morgan fingerprint density at radius 3 is 2.14 bits per heavy atom. The predicted octanol–water partition coefficient (Wildman–Crippen LogP) is 3.91. The largest absolute Gasteiger partial charge is 0.491 e. The zero-order valence-corrected chi connectivity index (χ0v) is 9.79. The van der Waals surface area contributed by atoms with Crippen LogP contribution in [0, 0.1) is 6.92 Å². The molecule has 1 aromatic carbocycles. The van der Waals surface area contributed by atoms with Gasteiger partial charge in [-0.05, 0) is 43.9 Å². The molecule has 0 N–H and O–H groups in total. The van der Waals surface area contributed by atoms with Gasteiger partial charge in [0.15, 0.2) is 0 Å². The van der Waals surface area contributed by atoms with Gasteiger partial charge in [0.05, 0.1) is 6.10 Å². The van der Waals surface area contributed by atoms with E-state index in [0.717, 1.165) is 5.75 Å². The van der Waals surface area contributed by atoms with E-state index in [2.05, 4.69) is 52.8 Å². The van der Waals surface area contributed by atoms with Crippen molar-refractivity contribution in [2.45, 2.75) is 46.6 Å². The van der Waals surface area contributed by atoms with Gasteiger partial charge in [-0.2, -0.15) is 0 Å². The first-order valence-electron chi connectivity index (χ1n) is 5.28.